The van der Waals surface area contributed by atoms with Gasteiger partial charge in [-0.25, -0.2) is 4.79 Å². The Morgan fingerprint density at radius 1 is 1.27 bits per heavy atom. The molecule has 138 valence electrons. The largest absolute Gasteiger partial charge is 0.465 e. The number of likely N-dealkylation sites (tertiary alicyclic amines) is 2. The molecule has 7 heteroatoms. The summed E-state index contributed by atoms with van der Waals surface area (Å²) in [4.78, 5) is 15.2. The number of hydrogen-bond donors (Lipinski definition) is 1. The first-order valence-electron chi connectivity index (χ1n) is 9.06. The van der Waals surface area contributed by atoms with Crippen LogP contribution >= 0.6 is 15.9 Å². The smallest absolute Gasteiger partial charge is 0.407 e. The highest BCUT2D eigenvalue weighted by molar-refractivity contribution is 9.10. The molecule has 2 fully saturated rings. The number of carbonyl (C=O) groups is 1. The lowest BCUT2D eigenvalue weighted by atomic mass is 10.0. The minimum absolute atomic E-state index is 0.460. The van der Waals surface area contributed by atoms with Gasteiger partial charge in [0.25, 0.3) is 0 Å². The number of nitrogens with zero attached hydrogens (tertiary/aromatic N) is 4. The summed E-state index contributed by atoms with van der Waals surface area (Å²) in [5.41, 5.74) is 3.40. The molecule has 2 saturated heterocycles. The molecule has 2 unspecified atom stereocenters. The van der Waals surface area contributed by atoms with E-state index in [4.69, 9.17) is 5.10 Å². The molecule has 1 aromatic carbocycles. The van der Waals surface area contributed by atoms with Crippen molar-refractivity contribution < 1.29 is 9.90 Å². The molecule has 2 aliphatic heterocycles. The van der Waals surface area contributed by atoms with Gasteiger partial charge >= 0.3 is 6.09 Å². The average molecular weight is 419 g/mol. The Morgan fingerprint density at radius 3 is 2.62 bits per heavy atom. The highest BCUT2D eigenvalue weighted by atomic mass is 79.9. The quantitative estimate of drug-likeness (QED) is 0.826. The topological polar surface area (TPSA) is 61.6 Å². The number of amides is 1. The highest BCUT2D eigenvalue weighted by Gasteiger charge is 2.41. The maximum atomic E-state index is 11.2. The van der Waals surface area contributed by atoms with Crippen LogP contribution in [0.4, 0.5) is 4.79 Å². The zero-order valence-corrected chi connectivity index (χ0v) is 16.4. The Morgan fingerprint density at radius 2 is 2.00 bits per heavy atom. The fourth-order valence-electron chi connectivity index (χ4n) is 4.24. The summed E-state index contributed by atoms with van der Waals surface area (Å²) in [6.07, 6.45) is 1.36. The Balaban J connectivity index is 1.51. The predicted octanol–water partition coefficient (Wildman–Crippen LogP) is 3.37. The van der Waals surface area contributed by atoms with E-state index in [0.29, 0.717) is 24.9 Å². The van der Waals surface area contributed by atoms with Crippen molar-refractivity contribution in [2.75, 3.05) is 26.2 Å². The maximum absolute atomic E-state index is 11.2. The monoisotopic (exact) mass is 418 g/mol. The molecule has 0 aliphatic carbocycles. The van der Waals surface area contributed by atoms with E-state index in [1.54, 1.807) is 4.90 Å². The first-order valence-corrected chi connectivity index (χ1v) is 9.85. The molecular weight excluding hydrogens is 396 g/mol. The molecule has 0 saturated carbocycles. The van der Waals surface area contributed by atoms with Crippen LogP contribution in [0.2, 0.25) is 0 Å². The number of hydrogen-bond acceptors (Lipinski definition) is 3. The second kappa shape index (κ2) is 7.04. The van der Waals surface area contributed by atoms with Gasteiger partial charge in [-0.2, -0.15) is 5.10 Å². The minimum Gasteiger partial charge on any atom is -0.465 e. The Hall–Kier alpha value is -1.86. The van der Waals surface area contributed by atoms with E-state index < -0.39 is 6.09 Å². The number of fused-ring (bicyclic) bond motifs is 1. The van der Waals surface area contributed by atoms with Crippen molar-refractivity contribution in [3.63, 3.8) is 0 Å². The van der Waals surface area contributed by atoms with Crippen LogP contribution in [-0.2, 0) is 13.1 Å². The van der Waals surface area contributed by atoms with Gasteiger partial charge in [0.05, 0.1) is 5.69 Å². The molecule has 0 radical (unpaired) electrons. The average Bonchev–Trinajstić information content (AvgIpc) is 3.27. The summed E-state index contributed by atoms with van der Waals surface area (Å²) in [5, 5.41) is 14.0. The number of carboxylic acid groups (broad SMARTS) is 1. The van der Waals surface area contributed by atoms with E-state index in [0.717, 1.165) is 41.9 Å². The molecule has 2 aliphatic rings. The van der Waals surface area contributed by atoms with E-state index in [2.05, 4.69) is 46.1 Å². The van der Waals surface area contributed by atoms with E-state index in [1.807, 2.05) is 16.8 Å². The lowest BCUT2D eigenvalue weighted by Crippen LogP contribution is -2.32. The van der Waals surface area contributed by atoms with Crippen molar-refractivity contribution in [2.24, 2.45) is 11.8 Å². The normalized spacial score (nSPS) is 22.8. The SMILES string of the molecule is CCn1cc(CN2CC3CN(C(=O)O)CC3C2)c(-c2cccc(Br)c2)n1. The third-order valence-electron chi connectivity index (χ3n) is 5.49. The van der Waals surface area contributed by atoms with Crippen LogP contribution in [-0.4, -0.2) is 57.0 Å². The molecule has 26 heavy (non-hydrogen) atoms. The molecule has 0 spiro atoms. The van der Waals surface area contributed by atoms with Crippen molar-refractivity contribution in [1.29, 1.82) is 0 Å². The molecule has 1 aromatic heterocycles. The zero-order chi connectivity index (χ0) is 18.3. The van der Waals surface area contributed by atoms with Crippen LogP contribution in [0, 0.1) is 11.8 Å². The van der Waals surface area contributed by atoms with E-state index >= 15 is 0 Å². The van der Waals surface area contributed by atoms with Crippen molar-refractivity contribution in [1.82, 2.24) is 19.6 Å². The van der Waals surface area contributed by atoms with Crippen LogP contribution in [0.1, 0.15) is 12.5 Å². The molecule has 2 aromatic rings. The van der Waals surface area contributed by atoms with Crippen molar-refractivity contribution in [3.8, 4) is 11.3 Å². The zero-order valence-electron chi connectivity index (χ0n) is 14.8. The first-order chi connectivity index (χ1) is 12.5. The lowest BCUT2D eigenvalue weighted by molar-refractivity contribution is 0.148. The van der Waals surface area contributed by atoms with Gasteiger partial charge in [0.15, 0.2) is 0 Å². The van der Waals surface area contributed by atoms with E-state index in [-0.39, 0.29) is 0 Å². The second-order valence-corrected chi connectivity index (χ2v) is 8.19. The van der Waals surface area contributed by atoms with Gasteiger partial charge in [0.2, 0.25) is 0 Å². The number of benzene rings is 1. The van der Waals surface area contributed by atoms with Crippen LogP contribution in [0.15, 0.2) is 34.9 Å². The van der Waals surface area contributed by atoms with E-state index in [1.165, 1.54) is 5.56 Å². The van der Waals surface area contributed by atoms with Crippen LogP contribution in [0.25, 0.3) is 11.3 Å². The summed E-state index contributed by atoms with van der Waals surface area (Å²) in [6, 6.07) is 8.26. The standard InChI is InChI=1S/C19H23BrN4O2/c1-2-24-12-16(18(21-24)13-4-3-5-17(20)6-13)9-22-7-14-10-23(19(25)26)11-15(14)8-22/h3-6,12,14-15H,2,7-11H2,1H3,(H,25,26). The molecule has 1 N–H and O–H groups in total. The van der Waals surface area contributed by atoms with Gasteiger partial charge in [0, 0.05) is 61.1 Å². The minimum atomic E-state index is -0.785. The van der Waals surface area contributed by atoms with Gasteiger partial charge in [-0.15, -0.1) is 0 Å². The first kappa shape index (κ1) is 17.5. The molecular formula is C19H23BrN4O2. The molecule has 1 amide bonds. The van der Waals surface area contributed by atoms with E-state index in [9.17, 15) is 9.90 Å². The molecule has 6 nitrogen and oxygen atoms in total. The van der Waals surface area contributed by atoms with Crippen LogP contribution in [0.5, 0.6) is 0 Å². The van der Waals surface area contributed by atoms with Gasteiger partial charge in [-0.05, 0) is 30.9 Å². The van der Waals surface area contributed by atoms with Gasteiger partial charge in [-0.3, -0.25) is 9.58 Å². The van der Waals surface area contributed by atoms with Crippen LogP contribution in [0.3, 0.4) is 0 Å². The summed E-state index contributed by atoms with van der Waals surface area (Å²) in [6.45, 7) is 7.07. The molecule has 2 atom stereocenters. The number of halogens is 1. The van der Waals surface area contributed by atoms with Crippen molar-refractivity contribution in [3.05, 3.63) is 40.5 Å². The maximum Gasteiger partial charge on any atom is 0.407 e. The second-order valence-electron chi connectivity index (χ2n) is 7.27. The predicted molar refractivity (Wildman–Crippen MR) is 103 cm³/mol. The van der Waals surface area contributed by atoms with Gasteiger partial charge in [-0.1, -0.05) is 28.1 Å². The van der Waals surface area contributed by atoms with Gasteiger partial charge < -0.3 is 10.0 Å². The number of rotatable bonds is 4. The summed E-state index contributed by atoms with van der Waals surface area (Å²) in [5.74, 6) is 0.920. The molecule has 4 rings (SSSR count). The highest BCUT2D eigenvalue weighted by Crippen LogP contribution is 2.33. The third kappa shape index (κ3) is 3.38. The lowest BCUT2D eigenvalue weighted by Gasteiger charge is -2.19. The number of aryl methyl sites for hydroxylation is 1. The molecule has 3 heterocycles. The fourth-order valence-corrected chi connectivity index (χ4v) is 4.63. The van der Waals surface area contributed by atoms with Crippen molar-refractivity contribution in [2.45, 2.75) is 20.0 Å². The summed E-state index contributed by atoms with van der Waals surface area (Å²) >= 11 is 3.55. The fraction of sp³-hybridized carbons (Fsp3) is 0.474. The summed E-state index contributed by atoms with van der Waals surface area (Å²) < 4.78 is 3.05. The number of aromatic nitrogens is 2. The molecule has 0 bridgehead atoms. The Kier molecular flexibility index (Phi) is 4.75. The van der Waals surface area contributed by atoms with Crippen LogP contribution < -0.4 is 0 Å². The van der Waals surface area contributed by atoms with Crippen molar-refractivity contribution >= 4 is 22.0 Å². The summed E-state index contributed by atoms with van der Waals surface area (Å²) in [7, 11) is 0. The Labute approximate surface area is 161 Å². The Bertz CT molecular complexity index is 808. The third-order valence-corrected chi connectivity index (χ3v) is 5.98. The van der Waals surface area contributed by atoms with Gasteiger partial charge in [0.1, 0.15) is 0 Å².